The van der Waals surface area contributed by atoms with Crippen LogP contribution in [0.25, 0.3) is 11.0 Å². The Morgan fingerprint density at radius 2 is 2.06 bits per heavy atom. The molecule has 2 N–H and O–H groups in total. The van der Waals surface area contributed by atoms with Crippen LogP contribution in [0.1, 0.15) is 75.2 Å². The fraction of sp³-hybridized carbons (Fsp3) is 0.533. The van der Waals surface area contributed by atoms with Gasteiger partial charge in [-0.1, -0.05) is 38.5 Å². The van der Waals surface area contributed by atoms with Gasteiger partial charge in [0.15, 0.2) is 0 Å². The molecule has 1 heterocycles. The zero-order valence-corrected chi connectivity index (χ0v) is 21.5. The highest BCUT2D eigenvalue weighted by atomic mass is 19.1. The highest BCUT2D eigenvalue weighted by molar-refractivity contribution is 5.75. The lowest BCUT2D eigenvalue weighted by Crippen LogP contribution is -2.49. The number of H-pyrrole nitrogens is 1. The Morgan fingerprint density at radius 1 is 1.22 bits per heavy atom. The predicted octanol–water partition coefficient (Wildman–Crippen LogP) is 6.08. The largest absolute Gasteiger partial charge is 0.458 e. The Kier molecular flexibility index (Phi) is 7.42. The molecule has 2 atom stereocenters. The molecule has 0 amide bonds. The predicted molar refractivity (Wildman–Crippen MR) is 140 cm³/mol. The number of aromatic nitrogens is 2. The lowest BCUT2D eigenvalue weighted by Gasteiger charge is -2.47. The number of benzene rings is 2. The number of imidazole rings is 1. The minimum absolute atomic E-state index is 0.0395. The van der Waals surface area contributed by atoms with E-state index in [2.05, 4.69) is 35.2 Å². The Balaban J connectivity index is 1.24. The minimum Gasteiger partial charge on any atom is -0.458 e. The molecule has 2 aromatic carbocycles. The average Bonchev–Trinajstić information content (AvgIpc) is 3.23. The molecule has 0 bridgehead atoms. The molecule has 1 fully saturated rings. The van der Waals surface area contributed by atoms with Gasteiger partial charge in [-0.05, 0) is 86.5 Å². The van der Waals surface area contributed by atoms with E-state index >= 15 is 0 Å². The molecular weight excluding hydrogens is 453 g/mol. The summed E-state index contributed by atoms with van der Waals surface area (Å²) < 4.78 is 20.5. The highest BCUT2D eigenvalue weighted by Gasteiger charge is 2.48. The zero-order valence-electron chi connectivity index (χ0n) is 21.5. The van der Waals surface area contributed by atoms with Gasteiger partial charge in [0, 0.05) is 18.8 Å². The first-order valence-electron chi connectivity index (χ1n) is 13.6. The van der Waals surface area contributed by atoms with E-state index in [1.165, 1.54) is 0 Å². The highest BCUT2D eigenvalue weighted by Crippen LogP contribution is 2.48. The number of para-hydroxylation sites is 2. The molecule has 6 heteroatoms. The number of rotatable bonds is 10. The van der Waals surface area contributed by atoms with Crippen molar-refractivity contribution < 1.29 is 13.9 Å². The second-order valence-corrected chi connectivity index (χ2v) is 11.0. The van der Waals surface area contributed by atoms with Crippen molar-refractivity contribution in [1.29, 1.82) is 0 Å². The summed E-state index contributed by atoms with van der Waals surface area (Å²) in [6.45, 7) is 6.03. The molecule has 2 aliphatic rings. The number of nitrogens with one attached hydrogen (secondary N) is 2. The number of carbonyl (C=O) groups excluding carboxylic acids is 1. The summed E-state index contributed by atoms with van der Waals surface area (Å²) in [5.74, 6) is 1.16. The molecule has 0 spiro atoms. The number of ether oxygens (including phenoxy) is 1. The molecule has 2 aliphatic carbocycles. The van der Waals surface area contributed by atoms with E-state index in [9.17, 15) is 9.18 Å². The molecule has 5 rings (SSSR count). The summed E-state index contributed by atoms with van der Waals surface area (Å²) in [4.78, 5) is 21.1. The monoisotopic (exact) mass is 491 g/mol. The molecule has 0 unspecified atom stereocenters. The maximum Gasteiger partial charge on any atom is 0.309 e. The molecule has 1 saturated carbocycles. The van der Waals surface area contributed by atoms with Crippen LogP contribution in [0.15, 0.2) is 42.5 Å². The molecule has 5 nitrogen and oxygen atoms in total. The molecule has 0 saturated heterocycles. The van der Waals surface area contributed by atoms with Gasteiger partial charge < -0.3 is 15.0 Å². The van der Waals surface area contributed by atoms with E-state index in [0.29, 0.717) is 0 Å². The second-order valence-electron chi connectivity index (χ2n) is 11.0. The van der Waals surface area contributed by atoms with Gasteiger partial charge in [0.1, 0.15) is 17.2 Å². The van der Waals surface area contributed by atoms with Crippen molar-refractivity contribution in [3.8, 4) is 0 Å². The van der Waals surface area contributed by atoms with Crippen molar-refractivity contribution in [1.82, 2.24) is 15.3 Å². The summed E-state index contributed by atoms with van der Waals surface area (Å²) in [5, 5.41) is 3.59. The van der Waals surface area contributed by atoms with Crippen molar-refractivity contribution in [2.45, 2.75) is 76.7 Å². The maximum atomic E-state index is 14.0. The fourth-order valence-electron chi connectivity index (χ4n) is 6.15. The number of aromatic amines is 1. The van der Waals surface area contributed by atoms with Crippen LogP contribution >= 0.6 is 0 Å². The topological polar surface area (TPSA) is 67.0 Å². The van der Waals surface area contributed by atoms with Crippen molar-refractivity contribution in [2.75, 3.05) is 13.1 Å². The maximum absolute atomic E-state index is 14.0. The smallest absolute Gasteiger partial charge is 0.309 e. The van der Waals surface area contributed by atoms with Crippen LogP contribution in [-0.2, 0) is 22.4 Å². The molecule has 36 heavy (non-hydrogen) atoms. The third-order valence-electron chi connectivity index (χ3n) is 8.16. The summed E-state index contributed by atoms with van der Waals surface area (Å²) in [6, 6.07) is 13.2. The number of hydrogen-bond donors (Lipinski definition) is 2. The van der Waals surface area contributed by atoms with Crippen LogP contribution in [0.4, 0.5) is 4.39 Å². The van der Waals surface area contributed by atoms with Gasteiger partial charge in [0.25, 0.3) is 0 Å². The number of fused-ring (bicyclic) bond motifs is 2. The fourth-order valence-corrected chi connectivity index (χ4v) is 6.15. The van der Waals surface area contributed by atoms with E-state index in [0.717, 1.165) is 92.4 Å². The quantitative estimate of drug-likeness (QED) is 0.266. The van der Waals surface area contributed by atoms with Gasteiger partial charge in [-0.2, -0.15) is 0 Å². The number of aryl methyl sites for hydroxylation is 2. The number of esters is 1. The summed E-state index contributed by atoms with van der Waals surface area (Å²) >= 11 is 0. The normalized spacial score (nSPS) is 21.9. The van der Waals surface area contributed by atoms with Crippen LogP contribution in [0.3, 0.4) is 0 Å². The van der Waals surface area contributed by atoms with Gasteiger partial charge in [0.05, 0.1) is 17.0 Å². The van der Waals surface area contributed by atoms with Gasteiger partial charge in [-0.3, -0.25) is 4.79 Å². The van der Waals surface area contributed by atoms with E-state index in [1.807, 2.05) is 24.3 Å². The molecule has 3 aromatic rings. The first-order valence-corrected chi connectivity index (χ1v) is 13.6. The van der Waals surface area contributed by atoms with Crippen LogP contribution < -0.4 is 5.32 Å². The number of nitrogens with zero attached hydrogens (tertiary/aromatic N) is 1. The van der Waals surface area contributed by atoms with E-state index in [4.69, 9.17) is 4.74 Å². The summed E-state index contributed by atoms with van der Waals surface area (Å²) in [7, 11) is 0. The number of carbonyl (C=O) groups is 1. The lowest BCUT2D eigenvalue weighted by atomic mass is 9.65. The number of halogens is 1. The van der Waals surface area contributed by atoms with Crippen LogP contribution in [0.5, 0.6) is 0 Å². The molecule has 1 aromatic heterocycles. The van der Waals surface area contributed by atoms with Crippen LogP contribution in [0, 0.1) is 17.7 Å². The first kappa shape index (κ1) is 24.9. The summed E-state index contributed by atoms with van der Waals surface area (Å²) in [6.07, 6.45) is 7.07. The molecule has 192 valence electrons. The van der Waals surface area contributed by atoms with E-state index < -0.39 is 5.60 Å². The average molecular weight is 492 g/mol. The Labute approximate surface area is 213 Å². The van der Waals surface area contributed by atoms with Crippen molar-refractivity contribution >= 4 is 17.0 Å². The van der Waals surface area contributed by atoms with E-state index in [-0.39, 0.29) is 29.5 Å². The number of hydrogen-bond acceptors (Lipinski definition) is 4. The second kappa shape index (κ2) is 10.7. The van der Waals surface area contributed by atoms with Crippen molar-refractivity contribution in [3.63, 3.8) is 0 Å². The third-order valence-corrected chi connectivity index (χ3v) is 8.16. The first-order chi connectivity index (χ1) is 17.4. The standard InChI is InChI=1S/C30H38FN3O2/c1-20(2)28-24-13-12-23(31)19-22(24)14-15-30(28,36-29(35)21-7-5-8-21)16-18-32-17-6-11-27-33-25-9-3-4-10-26(25)34-27/h3-4,9-10,12-13,19-21,28,32H,5-8,11,14-18H2,1-2H3,(H,33,34)/t28-,30+/m0/s1. The molecular formula is C30H38FN3O2. The van der Waals surface area contributed by atoms with Gasteiger partial charge in [0.2, 0.25) is 0 Å². The van der Waals surface area contributed by atoms with Crippen LogP contribution in [-0.4, -0.2) is 34.6 Å². The van der Waals surface area contributed by atoms with Crippen molar-refractivity contribution in [3.05, 3.63) is 65.2 Å². The third kappa shape index (κ3) is 5.19. The van der Waals surface area contributed by atoms with Crippen LogP contribution in [0.2, 0.25) is 0 Å². The SMILES string of the molecule is CC(C)[C@H]1c2ccc(F)cc2CC[C@]1(CCNCCCc1nc2ccccc2[nH]1)OC(=O)C1CCC1. The Hall–Kier alpha value is -2.73. The van der Waals surface area contributed by atoms with Gasteiger partial charge >= 0.3 is 5.97 Å². The zero-order chi connectivity index (χ0) is 25.1. The Morgan fingerprint density at radius 3 is 2.81 bits per heavy atom. The lowest BCUT2D eigenvalue weighted by molar-refractivity contribution is -0.175. The van der Waals surface area contributed by atoms with Gasteiger partial charge in [-0.25, -0.2) is 9.37 Å². The molecule has 0 aliphatic heterocycles. The minimum atomic E-state index is -0.558. The van der Waals surface area contributed by atoms with Gasteiger partial charge in [-0.15, -0.1) is 0 Å². The van der Waals surface area contributed by atoms with E-state index in [1.54, 1.807) is 12.1 Å². The summed E-state index contributed by atoms with van der Waals surface area (Å²) in [5.41, 5.74) is 3.73. The molecule has 0 radical (unpaired) electrons. The Bertz CT molecular complexity index is 1170. The van der Waals surface area contributed by atoms with Crippen molar-refractivity contribution in [2.24, 2.45) is 11.8 Å².